The number of pyridine rings is 1. The van der Waals surface area contributed by atoms with Crippen LogP contribution in [-0.4, -0.2) is 17.7 Å². The summed E-state index contributed by atoms with van der Waals surface area (Å²) in [5.41, 5.74) is 2.73. The molecular formula is C24H21BrN2O3S. The maximum Gasteiger partial charge on any atom is 0.252 e. The fourth-order valence-electron chi connectivity index (χ4n) is 3.44. The Morgan fingerprint density at radius 1 is 0.903 bits per heavy atom. The largest absolute Gasteiger partial charge is 0.322 e. The van der Waals surface area contributed by atoms with E-state index in [1.165, 1.54) is 4.31 Å². The molecule has 0 radical (unpaired) electrons. The van der Waals surface area contributed by atoms with E-state index in [0.29, 0.717) is 5.56 Å². The molecule has 1 N–H and O–H groups in total. The molecule has 1 heterocycles. The number of fused-ring (bicyclic) bond motifs is 1. The number of halogens is 1. The topological polar surface area (TPSA) is 70.2 Å². The molecule has 4 rings (SSSR count). The Kier molecular flexibility index (Phi) is 6.09. The Bertz CT molecular complexity index is 1380. The summed E-state index contributed by atoms with van der Waals surface area (Å²) < 4.78 is 29.1. The standard InChI is InChI=1S/C24H21BrN2O3S/c1-17-7-8-19-14-20(24(28)26-23(19)13-17)16-27(15-18-5-3-2-4-6-18)31(29,30)22-11-9-21(25)10-12-22/h2-14H,15-16H2,1H3,(H,26,28). The fourth-order valence-corrected chi connectivity index (χ4v) is 5.11. The number of hydrogen-bond acceptors (Lipinski definition) is 3. The highest BCUT2D eigenvalue weighted by atomic mass is 79.9. The lowest BCUT2D eigenvalue weighted by molar-refractivity contribution is 0.400. The van der Waals surface area contributed by atoms with Crippen LogP contribution in [0.4, 0.5) is 0 Å². The molecule has 0 atom stereocenters. The van der Waals surface area contributed by atoms with Crippen molar-refractivity contribution in [3.05, 3.63) is 110 Å². The minimum atomic E-state index is -3.83. The molecule has 0 spiro atoms. The Morgan fingerprint density at radius 2 is 1.61 bits per heavy atom. The molecule has 0 aliphatic heterocycles. The number of rotatable bonds is 6. The monoisotopic (exact) mass is 496 g/mol. The molecule has 158 valence electrons. The SMILES string of the molecule is Cc1ccc2cc(CN(Cc3ccccc3)S(=O)(=O)c3ccc(Br)cc3)c(=O)[nH]c2c1. The Hall–Kier alpha value is -2.74. The number of aromatic nitrogens is 1. The van der Waals surface area contributed by atoms with Gasteiger partial charge in [0.1, 0.15) is 0 Å². The second-order valence-corrected chi connectivity index (χ2v) is 10.3. The molecular weight excluding hydrogens is 476 g/mol. The van der Waals surface area contributed by atoms with Gasteiger partial charge in [0, 0.05) is 28.6 Å². The van der Waals surface area contributed by atoms with Gasteiger partial charge >= 0.3 is 0 Å². The average molecular weight is 497 g/mol. The predicted octanol–water partition coefficient (Wildman–Crippen LogP) is 4.99. The number of H-pyrrole nitrogens is 1. The molecule has 0 fully saturated rings. The maximum atomic E-state index is 13.5. The highest BCUT2D eigenvalue weighted by Gasteiger charge is 2.26. The molecule has 0 saturated carbocycles. The molecule has 0 saturated heterocycles. The van der Waals surface area contributed by atoms with E-state index in [4.69, 9.17) is 0 Å². The summed E-state index contributed by atoms with van der Waals surface area (Å²) >= 11 is 3.34. The van der Waals surface area contributed by atoms with Gasteiger partial charge in [-0.05, 0) is 59.8 Å². The Balaban J connectivity index is 1.77. The van der Waals surface area contributed by atoms with Gasteiger partial charge in [0.2, 0.25) is 10.0 Å². The fraction of sp³-hybridized carbons (Fsp3) is 0.125. The second kappa shape index (κ2) is 8.78. The van der Waals surface area contributed by atoms with E-state index in [1.54, 1.807) is 30.3 Å². The minimum Gasteiger partial charge on any atom is -0.322 e. The van der Waals surface area contributed by atoms with Gasteiger partial charge in [0.25, 0.3) is 5.56 Å². The lowest BCUT2D eigenvalue weighted by Crippen LogP contribution is -2.32. The van der Waals surface area contributed by atoms with E-state index in [1.807, 2.05) is 55.5 Å². The van der Waals surface area contributed by atoms with Crippen molar-refractivity contribution in [1.29, 1.82) is 0 Å². The smallest absolute Gasteiger partial charge is 0.252 e. The molecule has 0 aliphatic carbocycles. The number of aryl methyl sites for hydroxylation is 1. The summed E-state index contributed by atoms with van der Waals surface area (Å²) in [5.74, 6) is 0. The molecule has 0 amide bonds. The number of sulfonamides is 1. The van der Waals surface area contributed by atoms with Gasteiger partial charge in [-0.1, -0.05) is 58.4 Å². The zero-order chi connectivity index (χ0) is 22.0. The normalized spacial score (nSPS) is 11.8. The van der Waals surface area contributed by atoms with Crippen LogP contribution in [0.5, 0.6) is 0 Å². The van der Waals surface area contributed by atoms with Crippen molar-refractivity contribution in [1.82, 2.24) is 9.29 Å². The summed E-state index contributed by atoms with van der Waals surface area (Å²) in [6.45, 7) is 2.08. The zero-order valence-corrected chi connectivity index (χ0v) is 19.3. The molecule has 1 aromatic heterocycles. The van der Waals surface area contributed by atoms with E-state index in [-0.39, 0.29) is 23.5 Å². The van der Waals surface area contributed by atoms with E-state index in [2.05, 4.69) is 20.9 Å². The number of nitrogens with zero attached hydrogens (tertiary/aromatic N) is 1. The van der Waals surface area contributed by atoms with Crippen molar-refractivity contribution in [2.24, 2.45) is 0 Å². The van der Waals surface area contributed by atoms with Crippen LogP contribution in [0.1, 0.15) is 16.7 Å². The van der Waals surface area contributed by atoms with Gasteiger partial charge in [-0.25, -0.2) is 8.42 Å². The number of benzene rings is 3. The average Bonchev–Trinajstić information content (AvgIpc) is 2.75. The highest BCUT2D eigenvalue weighted by molar-refractivity contribution is 9.10. The molecule has 0 bridgehead atoms. The molecule has 3 aromatic carbocycles. The van der Waals surface area contributed by atoms with Crippen molar-refractivity contribution in [2.45, 2.75) is 24.9 Å². The zero-order valence-electron chi connectivity index (χ0n) is 16.9. The first kappa shape index (κ1) is 21.5. The first-order valence-corrected chi connectivity index (χ1v) is 12.0. The molecule has 4 aromatic rings. The molecule has 31 heavy (non-hydrogen) atoms. The van der Waals surface area contributed by atoms with Crippen molar-refractivity contribution >= 4 is 36.9 Å². The Morgan fingerprint density at radius 3 is 2.32 bits per heavy atom. The van der Waals surface area contributed by atoms with Gasteiger partial charge in [-0.15, -0.1) is 0 Å². The van der Waals surface area contributed by atoms with E-state index in [9.17, 15) is 13.2 Å². The first-order chi connectivity index (χ1) is 14.8. The van der Waals surface area contributed by atoms with Gasteiger partial charge in [0.15, 0.2) is 0 Å². The molecule has 7 heteroatoms. The molecule has 5 nitrogen and oxygen atoms in total. The van der Waals surface area contributed by atoms with Crippen molar-refractivity contribution in [2.75, 3.05) is 0 Å². The van der Waals surface area contributed by atoms with Crippen LogP contribution in [0.15, 0.2) is 93.0 Å². The summed E-state index contributed by atoms with van der Waals surface area (Å²) in [6, 6.07) is 23.4. The van der Waals surface area contributed by atoms with E-state index >= 15 is 0 Å². The minimum absolute atomic E-state index is 0.0353. The third kappa shape index (κ3) is 4.79. The van der Waals surface area contributed by atoms with Crippen LogP contribution in [0.2, 0.25) is 0 Å². The number of nitrogens with one attached hydrogen (secondary N) is 1. The lowest BCUT2D eigenvalue weighted by Gasteiger charge is -2.22. The van der Waals surface area contributed by atoms with Crippen LogP contribution in [-0.2, 0) is 23.1 Å². The summed E-state index contributed by atoms with van der Waals surface area (Å²) in [5, 5.41) is 0.862. The van der Waals surface area contributed by atoms with Crippen LogP contribution in [0, 0.1) is 6.92 Å². The predicted molar refractivity (Wildman–Crippen MR) is 126 cm³/mol. The summed E-state index contributed by atoms with van der Waals surface area (Å²) in [4.78, 5) is 15.8. The van der Waals surface area contributed by atoms with Crippen molar-refractivity contribution < 1.29 is 8.42 Å². The van der Waals surface area contributed by atoms with Gasteiger partial charge in [0.05, 0.1) is 4.90 Å². The van der Waals surface area contributed by atoms with Crippen LogP contribution in [0.3, 0.4) is 0 Å². The molecule has 0 unspecified atom stereocenters. The van der Waals surface area contributed by atoms with E-state index < -0.39 is 10.0 Å². The third-order valence-electron chi connectivity index (χ3n) is 5.08. The van der Waals surface area contributed by atoms with Gasteiger partial charge in [-0.3, -0.25) is 4.79 Å². The van der Waals surface area contributed by atoms with Crippen molar-refractivity contribution in [3.63, 3.8) is 0 Å². The van der Waals surface area contributed by atoms with Crippen LogP contribution < -0.4 is 5.56 Å². The third-order valence-corrected chi connectivity index (χ3v) is 7.41. The maximum absolute atomic E-state index is 13.5. The van der Waals surface area contributed by atoms with E-state index in [0.717, 1.165) is 26.5 Å². The van der Waals surface area contributed by atoms with Crippen LogP contribution >= 0.6 is 15.9 Å². The lowest BCUT2D eigenvalue weighted by atomic mass is 10.1. The van der Waals surface area contributed by atoms with Gasteiger partial charge < -0.3 is 4.98 Å². The quantitative estimate of drug-likeness (QED) is 0.408. The second-order valence-electron chi connectivity index (χ2n) is 7.43. The Labute approximate surface area is 189 Å². The first-order valence-electron chi connectivity index (χ1n) is 9.75. The summed E-state index contributed by atoms with van der Waals surface area (Å²) in [6.07, 6.45) is 0. The number of hydrogen-bond donors (Lipinski definition) is 1. The number of aromatic amines is 1. The van der Waals surface area contributed by atoms with Crippen LogP contribution in [0.25, 0.3) is 10.9 Å². The summed E-state index contributed by atoms with van der Waals surface area (Å²) in [7, 11) is -3.83. The highest BCUT2D eigenvalue weighted by Crippen LogP contribution is 2.23. The molecule has 0 aliphatic rings. The van der Waals surface area contributed by atoms with Gasteiger partial charge in [-0.2, -0.15) is 4.31 Å². The van der Waals surface area contributed by atoms with Crippen molar-refractivity contribution in [3.8, 4) is 0 Å².